The fraction of sp³-hybridized carbons (Fsp3) is 0.320. The number of hydrogen-bond acceptors (Lipinski definition) is 3. The molecule has 0 fully saturated rings. The molecule has 3 aromatic carbocycles. The number of methoxy groups -OCH3 is 1. The van der Waals surface area contributed by atoms with E-state index < -0.39 is 0 Å². The third-order valence-electron chi connectivity index (χ3n) is 5.36. The molecule has 0 aromatic heterocycles. The first-order chi connectivity index (χ1) is 14.0. The number of aryl methyl sites for hydroxylation is 1. The van der Waals surface area contributed by atoms with Gasteiger partial charge in [0.1, 0.15) is 5.75 Å². The van der Waals surface area contributed by atoms with E-state index in [4.69, 9.17) is 4.74 Å². The number of carbonyl (C=O) groups is 1. The van der Waals surface area contributed by atoms with Crippen molar-refractivity contribution in [2.75, 3.05) is 32.6 Å². The summed E-state index contributed by atoms with van der Waals surface area (Å²) in [6.07, 6.45) is 1.89. The van der Waals surface area contributed by atoms with Gasteiger partial charge in [0.25, 0.3) is 0 Å². The van der Waals surface area contributed by atoms with Crippen molar-refractivity contribution in [2.45, 2.75) is 25.7 Å². The van der Waals surface area contributed by atoms with Crippen LogP contribution in [0.3, 0.4) is 0 Å². The van der Waals surface area contributed by atoms with Gasteiger partial charge in [0, 0.05) is 26.3 Å². The second-order valence-electron chi connectivity index (χ2n) is 7.65. The summed E-state index contributed by atoms with van der Waals surface area (Å²) >= 11 is 0. The van der Waals surface area contributed by atoms with E-state index in [0.29, 0.717) is 6.54 Å². The molecule has 1 N–H and O–H groups in total. The van der Waals surface area contributed by atoms with Crippen molar-refractivity contribution in [3.05, 3.63) is 71.8 Å². The zero-order valence-corrected chi connectivity index (χ0v) is 17.7. The zero-order valence-electron chi connectivity index (χ0n) is 17.7. The van der Waals surface area contributed by atoms with Crippen LogP contribution in [0.5, 0.6) is 5.75 Å². The van der Waals surface area contributed by atoms with Crippen LogP contribution in [0, 0.1) is 0 Å². The Balaban J connectivity index is 1.51. The first-order valence-electron chi connectivity index (χ1n) is 10.1. The summed E-state index contributed by atoms with van der Waals surface area (Å²) in [6.45, 7) is 2.64. The molecule has 0 unspecified atom stereocenters. The Morgan fingerprint density at radius 2 is 1.69 bits per heavy atom. The van der Waals surface area contributed by atoms with Gasteiger partial charge in [-0.1, -0.05) is 36.4 Å². The fourth-order valence-corrected chi connectivity index (χ4v) is 3.41. The first kappa shape index (κ1) is 20.7. The molecule has 0 aliphatic carbocycles. The number of nitrogens with zero attached hydrogens (tertiary/aromatic N) is 1. The van der Waals surface area contributed by atoms with Crippen molar-refractivity contribution in [2.24, 2.45) is 0 Å². The molecule has 3 aromatic rings. The summed E-state index contributed by atoms with van der Waals surface area (Å²) in [4.78, 5) is 14.7. The number of rotatable bonds is 8. The molecule has 152 valence electrons. The highest BCUT2D eigenvalue weighted by molar-refractivity contribution is 5.88. The molecule has 0 aliphatic heterocycles. The second kappa shape index (κ2) is 9.46. The molecule has 0 saturated carbocycles. The maximum absolute atomic E-state index is 12.6. The van der Waals surface area contributed by atoms with Gasteiger partial charge in [0.15, 0.2) is 0 Å². The number of ether oxygens (including phenoxy) is 1. The van der Waals surface area contributed by atoms with Crippen molar-refractivity contribution in [1.29, 1.82) is 0 Å². The Labute approximate surface area is 173 Å². The minimum absolute atomic E-state index is 0.0702. The monoisotopic (exact) mass is 390 g/mol. The smallest absolute Gasteiger partial charge is 0.227 e. The van der Waals surface area contributed by atoms with Crippen LogP contribution in [0.4, 0.5) is 5.69 Å². The summed E-state index contributed by atoms with van der Waals surface area (Å²) in [5.74, 6) is 0.731. The van der Waals surface area contributed by atoms with Crippen molar-refractivity contribution in [3.8, 4) is 5.75 Å². The molecular formula is C25H30N2O2. The number of anilines is 1. The molecule has 0 saturated heterocycles. The molecule has 3 rings (SSSR count). The number of hydrogen-bond donors (Lipinski definition) is 1. The standard InChI is InChI=1S/C25H30N2O2/c1-18(20-9-10-22-17-24(29-4)14-11-21(22)16-20)25(28)26-15-5-6-19-7-12-23(13-8-19)27(2)3/h7-14,16-18H,5-6,15H2,1-4H3,(H,26,28)/t18-/m0/s1. The maximum atomic E-state index is 12.6. The average Bonchev–Trinajstić information content (AvgIpc) is 2.75. The van der Waals surface area contributed by atoms with Crippen LogP contribution in [0.1, 0.15) is 30.4 Å². The van der Waals surface area contributed by atoms with Crippen molar-refractivity contribution < 1.29 is 9.53 Å². The van der Waals surface area contributed by atoms with Gasteiger partial charge in [0.2, 0.25) is 5.91 Å². The second-order valence-corrected chi connectivity index (χ2v) is 7.65. The van der Waals surface area contributed by atoms with Crippen LogP contribution in [-0.2, 0) is 11.2 Å². The molecule has 0 aliphatic rings. The Kier molecular flexibility index (Phi) is 6.76. The number of amides is 1. The third kappa shape index (κ3) is 5.29. The van der Waals surface area contributed by atoms with Gasteiger partial charge in [-0.15, -0.1) is 0 Å². The minimum atomic E-state index is -0.180. The van der Waals surface area contributed by atoms with Gasteiger partial charge in [0.05, 0.1) is 13.0 Å². The summed E-state index contributed by atoms with van der Waals surface area (Å²) < 4.78 is 5.28. The summed E-state index contributed by atoms with van der Waals surface area (Å²) in [5, 5.41) is 5.31. The highest BCUT2D eigenvalue weighted by atomic mass is 16.5. The van der Waals surface area contributed by atoms with Crippen molar-refractivity contribution >= 4 is 22.4 Å². The fourth-order valence-electron chi connectivity index (χ4n) is 3.41. The SMILES string of the molecule is COc1ccc2cc([C@H](C)C(=O)NCCCc3ccc(N(C)C)cc3)ccc2c1. The molecule has 0 spiro atoms. The van der Waals surface area contributed by atoms with E-state index in [2.05, 4.69) is 40.5 Å². The molecular weight excluding hydrogens is 360 g/mol. The molecule has 1 atom stereocenters. The number of benzene rings is 3. The molecule has 0 bridgehead atoms. The van der Waals surface area contributed by atoms with Crippen molar-refractivity contribution in [3.63, 3.8) is 0 Å². The quantitative estimate of drug-likeness (QED) is 0.564. The van der Waals surface area contributed by atoms with Gasteiger partial charge in [-0.05, 0) is 65.9 Å². The molecule has 29 heavy (non-hydrogen) atoms. The van der Waals surface area contributed by atoms with Crippen LogP contribution < -0.4 is 15.0 Å². The number of fused-ring (bicyclic) bond motifs is 1. The van der Waals surface area contributed by atoms with Crippen LogP contribution in [0.15, 0.2) is 60.7 Å². The van der Waals surface area contributed by atoms with E-state index in [1.165, 1.54) is 11.3 Å². The van der Waals surface area contributed by atoms with Crippen LogP contribution >= 0.6 is 0 Å². The largest absolute Gasteiger partial charge is 0.497 e. The highest BCUT2D eigenvalue weighted by Crippen LogP contribution is 2.25. The highest BCUT2D eigenvalue weighted by Gasteiger charge is 2.15. The molecule has 0 heterocycles. The van der Waals surface area contributed by atoms with Crippen molar-refractivity contribution in [1.82, 2.24) is 5.32 Å². The number of nitrogens with one attached hydrogen (secondary N) is 1. The lowest BCUT2D eigenvalue weighted by molar-refractivity contribution is -0.122. The van der Waals surface area contributed by atoms with Crippen LogP contribution in [0.25, 0.3) is 10.8 Å². The van der Waals surface area contributed by atoms with E-state index in [1.807, 2.05) is 51.4 Å². The van der Waals surface area contributed by atoms with E-state index in [1.54, 1.807) is 7.11 Å². The Morgan fingerprint density at radius 3 is 2.38 bits per heavy atom. The lowest BCUT2D eigenvalue weighted by atomic mass is 9.97. The number of carbonyl (C=O) groups excluding carboxylic acids is 1. The van der Waals surface area contributed by atoms with Gasteiger partial charge < -0.3 is 15.0 Å². The summed E-state index contributed by atoms with van der Waals surface area (Å²) in [7, 11) is 5.75. The predicted molar refractivity (Wildman–Crippen MR) is 121 cm³/mol. The van der Waals surface area contributed by atoms with Gasteiger partial charge in [-0.3, -0.25) is 4.79 Å². The van der Waals surface area contributed by atoms with E-state index >= 15 is 0 Å². The molecule has 1 amide bonds. The zero-order chi connectivity index (χ0) is 20.8. The molecule has 4 heteroatoms. The maximum Gasteiger partial charge on any atom is 0.227 e. The lowest BCUT2D eigenvalue weighted by Gasteiger charge is -2.14. The topological polar surface area (TPSA) is 41.6 Å². The predicted octanol–water partition coefficient (Wildman–Crippen LogP) is 4.77. The van der Waals surface area contributed by atoms with Gasteiger partial charge in [-0.2, -0.15) is 0 Å². The average molecular weight is 391 g/mol. The minimum Gasteiger partial charge on any atom is -0.497 e. The van der Waals surface area contributed by atoms with E-state index in [9.17, 15) is 4.79 Å². The van der Waals surface area contributed by atoms with E-state index in [0.717, 1.165) is 34.9 Å². The van der Waals surface area contributed by atoms with Crippen LogP contribution in [-0.4, -0.2) is 33.7 Å². The van der Waals surface area contributed by atoms with Gasteiger partial charge in [-0.25, -0.2) is 0 Å². The summed E-state index contributed by atoms with van der Waals surface area (Å²) in [6, 6.07) is 20.7. The lowest BCUT2D eigenvalue weighted by Crippen LogP contribution is -2.29. The van der Waals surface area contributed by atoms with E-state index in [-0.39, 0.29) is 11.8 Å². The molecule has 4 nitrogen and oxygen atoms in total. The van der Waals surface area contributed by atoms with Gasteiger partial charge >= 0.3 is 0 Å². The summed E-state index contributed by atoms with van der Waals surface area (Å²) in [5.41, 5.74) is 3.52. The normalized spacial score (nSPS) is 11.9. The Bertz CT molecular complexity index is 964. The Morgan fingerprint density at radius 1 is 1.00 bits per heavy atom. The molecule has 0 radical (unpaired) electrons. The first-order valence-corrected chi connectivity index (χ1v) is 10.1. The third-order valence-corrected chi connectivity index (χ3v) is 5.36. The van der Waals surface area contributed by atoms with Crippen LogP contribution in [0.2, 0.25) is 0 Å². The Hall–Kier alpha value is -3.01.